The zero-order chi connectivity index (χ0) is 28.2. The Bertz CT molecular complexity index is 1810. The number of hydrogen-bond donors (Lipinski definition) is 1. The number of nitrogens with one attached hydrogen (secondary N) is 1. The normalized spacial score (nSPS) is 14.9. The van der Waals surface area contributed by atoms with Gasteiger partial charge in [-0.25, -0.2) is 4.99 Å². The molecule has 3 aromatic carbocycles. The maximum absolute atomic E-state index is 13.9. The first-order valence-corrected chi connectivity index (χ1v) is 13.8. The first-order chi connectivity index (χ1) is 19.4. The number of thiazole rings is 1. The van der Waals surface area contributed by atoms with E-state index in [9.17, 15) is 9.59 Å². The summed E-state index contributed by atoms with van der Waals surface area (Å²) in [6, 6.07) is 25.8. The Morgan fingerprint density at radius 1 is 1.12 bits per heavy atom. The molecule has 0 saturated carbocycles. The monoisotopic (exact) mass is 548 g/mol. The van der Waals surface area contributed by atoms with Crippen molar-refractivity contribution >= 4 is 29.0 Å². The molecule has 200 valence electrons. The van der Waals surface area contributed by atoms with Crippen molar-refractivity contribution in [3.05, 3.63) is 127 Å². The number of hydrogen-bond acceptors (Lipinski definition) is 6. The quantitative estimate of drug-likeness (QED) is 0.355. The highest BCUT2D eigenvalue weighted by Gasteiger charge is 2.32. The second kappa shape index (κ2) is 11.6. The van der Waals surface area contributed by atoms with Crippen molar-refractivity contribution < 1.29 is 9.53 Å². The maximum atomic E-state index is 13.9. The fraction of sp³-hybridized carbons (Fsp3) is 0.188. The van der Waals surface area contributed by atoms with E-state index in [4.69, 9.17) is 15.0 Å². The Morgan fingerprint density at radius 2 is 1.88 bits per heavy atom. The molecule has 0 radical (unpaired) electrons. The van der Waals surface area contributed by atoms with Crippen LogP contribution in [0.1, 0.15) is 49.4 Å². The molecular weight excluding hydrogens is 520 g/mol. The van der Waals surface area contributed by atoms with Crippen LogP contribution in [0.3, 0.4) is 0 Å². The van der Waals surface area contributed by atoms with Gasteiger partial charge in [0, 0.05) is 5.69 Å². The number of carbonyl (C=O) groups excluding carboxylic acids is 1. The van der Waals surface area contributed by atoms with E-state index >= 15 is 0 Å². The average molecular weight is 549 g/mol. The van der Waals surface area contributed by atoms with Crippen LogP contribution in [0.4, 0.5) is 5.69 Å². The molecule has 0 spiro atoms. The molecule has 8 heteroatoms. The molecule has 1 N–H and O–H groups in total. The zero-order valence-corrected chi connectivity index (χ0v) is 23.2. The number of anilines is 1. The van der Waals surface area contributed by atoms with Gasteiger partial charge in [-0.2, -0.15) is 5.26 Å². The Morgan fingerprint density at radius 3 is 2.58 bits per heavy atom. The van der Waals surface area contributed by atoms with E-state index in [1.807, 2.05) is 79.7 Å². The van der Waals surface area contributed by atoms with Gasteiger partial charge in [0.05, 0.1) is 21.8 Å². The number of nitrogens with zero attached hydrogens (tertiary/aromatic N) is 3. The molecule has 4 aromatic rings. The molecule has 0 unspecified atom stereocenters. The predicted octanol–water partition coefficient (Wildman–Crippen LogP) is 4.90. The van der Waals surface area contributed by atoms with Crippen LogP contribution >= 0.6 is 11.3 Å². The van der Waals surface area contributed by atoms with Gasteiger partial charge in [0.2, 0.25) is 0 Å². The van der Waals surface area contributed by atoms with E-state index in [1.165, 1.54) is 16.9 Å². The highest BCUT2D eigenvalue weighted by Crippen LogP contribution is 2.31. The molecule has 0 bridgehead atoms. The average Bonchev–Trinajstić information content (AvgIpc) is 3.25. The summed E-state index contributed by atoms with van der Waals surface area (Å²) in [7, 11) is 0. The van der Waals surface area contributed by atoms with E-state index in [2.05, 4.69) is 19.2 Å². The van der Waals surface area contributed by atoms with Crippen LogP contribution in [0.5, 0.6) is 5.75 Å². The topological polar surface area (TPSA) is 96.5 Å². The number of nitriles is 1. The van der Waals surface area contributed by atoms with Gasteiger partial charge in [-0.15, -0.1) is 0 Å². The molecule has 1 aromatic heterocycles. The number of aromatic nitrogens is 1. The van der Waals surface area contributed by atoms with Gasteiger partial charge in [0.1, 0.15) is 11.8 Å². The molecule has 0 fully saturated rings. The van der Waals surface area contributed by atoms with Gasteiger partial charge in [-0.05, 0) is 59.9 Å². The summed E-state index contributed by atoms with van der Waals surface area (Å²) in [5.41, 5.74) is 4.18. The number of para-hydroxylation sites is 1. The van der Waals surface area contributed by atoms with Crippen LogP contribution in [0.25, 0.3) is 6.08 Å². The molecule has 1 aliphatic heterocycles. The summed E-state index contributed by atoms with van der Waals surface area (Å²) in [5.74, 6) is 0.589. The van der Waals surface area contributed by atoms with E-state index in [0.29, 0.717) is 38.0 Å². The number of ether oxygens (including phenoxy) is 1. The van der Waals surface area contributed by atoms with Crippen LogP contribution in [0, 0.1) is 11.3 Å². The van der Waals surface area contributed by atoms with Gasteiger partial charge < -0.3 is 10.1 Å². The van der Waals surface area contributed by atoms with Crippen molar-refractivity contribution in [2.75, 3.05) is 11.9 Å². The Balaban J connectivity index is 1.63. The minimum absolute atomic E-state index is 0.0612. The Labute approximate surface area is 236 Å². The molecule has 5 rings (SSSR count). The molecule has 1 aliphatic rings. The van der Waals surface area contributed by atoms with Gasteiger partial charge in [-0.1, -0.05) is 79.8 Å². The van der Waals surface area contributed by atoms with Crippen molar-refractivity contribution in [3.8, 4) is 11.8 Å². The second-order valence-corrected chi connectivity index (χ2v) is 10.8. The minimum atomic E-state index is -0.645. The fourth-order valence-electron chi connectivity index (χ4n) is 4.67. The smallest absolute Gasteiger partial charge is 0.271 e. The lowest BCUT2D eigenvalue weighted by molar-refractivity contribution is -0.113. The van der Waals surface area contributed by atoms with E-state index in [-0.39, 0.29) is 18.1 Å². The number of carbonyl (C=O) groups is 1. The summed E-state index contributed by atoms with van der Waals surface area (Å²) in [5, 5.41) is 11.8. The summed E-state index contributed by atoms with van der Waals surface area (Å²) in [6.45, 7) is 6.00. The van der Waals surface area contributed by atoms with E-state index in [0.717, 1.165) is 11.1 Å². The van der Waals surface area contributed by atoms with Crippen LogP contribution in [-0.4, -0.2) is 17.1 Å². The first kappa shape index (κ1) is 26.9. The third-order valence-electron chi connectivity index (χ3n) is 6.68. The van der Waals surface area contributed by atoms with E-state index < -0.39 is 6.04 Å². The standard InChI is InChI=1S/C32H28N4O3S/c1-20(2)23-12-14-24(15-13-23)29-28(30(37)35-25-9-5-4-6-10-25)21(3)34-32-36(29)31(38)27(40-32)19-22-8-7-11-26(18-22)39-17-16-33/h4-15,18-20,29H,17H2,1-3H3,(H,35,37)/b27-19-/t29-/m1/s1. The number of rotatable bonds is 7. The zero-order valence-electron chi connectivity index (χ0n) is 22.4. The summed E-state index contributed by atoms with van der Waals surface area (Å²) in [4.78, 5) is 32.9. The largest absolute Gasteiger partial charge is 0.479 e. The molecule has 2 heterocycles. The molecule has 0 saturated heterocycles. The van der Waals surface area contributed by atoms with Crippen LogP contribution in [-0.2, 0) is 4.79 Å². The predicted molar refractivity (Wildman–Crippen MR) is 157 cm³/mol. The van der Waals surface area contributed by atoms with Crippen molar-refractivity contribution in [2.24, 2.45) is 4.99 Å². The van der Waals surface area contributed by atoms with Gasteiger partial charge >= 0.3 is 0 Å². The molecule has 1 atom stereocenters. The Kier molecular flexibility index (Phi) is 7.76. The maximum Gasteiger partial charge on any atom is 0.271 e. The molecule has 7 nitrogen and oxygen atoms in total. The van der Waals surface area contributed by atoms with Crippen molar-refractivity contribution in [2.45, 2.75) is 32.7 Å². The van der Waals surface area contributed by atoms with Gasteiger partial charge in [-0.3, -0.25) is 14.2 Å². The molecular formula is C32H28N4O3S. The molecule has 40 heavy (non-hydrogen) atoms. The lowest BCUT2D eigenvalue weighted by Gasteiger charge is -2.25. The lowest BCUT2D eigenvalue weighted by atomic mass is 9.93. The van der Waals surface area contributed by atoms with Crippen molar-refractivity contribution in [1.29, 1.82) is 5.26 Å². The van der Waals surface area contributed by atoms with Gasteiger partial charge in [0.25, 0.3) is 11.5 Å². The fourth-order valence-corrected chi connectivity index (χ4v) is 5.72. The first-order valence-electron chi connectivity index (χ1n) is 12.9. The summed E-state index contributed by atoms with van der Waals surface area (Å²) < 4.78 is 7.52. The van der Waals surface area contributed by atoms with E-state index in [1.54, 1.807) is 22.8 Å². The second-order valence-electron chi connectivity index (χ2n) is 9.74. The number of allylic oxidation sites excluding steroid dienone is 1. The van der Waals surface area contributed by atoms with Gasteiger partial charge in [0.15, 0.2) is 11.4 Å². The SMILES string of the molecule is CC1=C(C(=O)Nc2ccccc2)[C@@H](c2ccc(C(C)C)cc2)n2c(s/c(=C\c3cccc(OCC#N)c3)c2=O)=N1. The highest BCUT2D eigenvalue weighted by molar-refractivity contribution is 7.07. The van der Waals surface area contributed by atoms with Crippen molar-refractivity contribution in [3.63, 3.8) is 0 Å². The summed E-state index contributed by atoms with van der Waals surface area (Å²) >= 11 is 1.28. The third-order valence-corrected chi connectivity index (χ3v) is 7.66. The lowest BCUT2D eigenvalue weighted by Crippen LogP contribution is -2.40. The number of benzene rings is 3. The van der Waals surface area contributed by atoms with Crippen LogP contribution in [0.2, 0.25) is 0 Å². The number of fused-ring (bicyclic) bond motifs is 1. The van der Waals surface area contributed by atoms with Crippen LogP contribution < -0.4 is 24.9 Å². The third kappa shape index (κ3) is 5.51. The highest BCUT2D eigenvalue weighted by atomic mass is 32.1. The van der Waals surface area contributed by atoms with Crippen molar-refractivity contribution in [1.82, 2.24) is 4.57 Å². The summed E-state index contributed by atoms with van der Waals surface area (Å²) in [6.07, 6.45) is 1.78. The number of amides is 1. The minimum Gasteiger partial charge on any atom is -0.479 e. The Hall–Kier alpha value is -4.74. The molecule has 1 amide bonds. The molecule has 0 aliphatic carbocycles. The van der Waals surface area contributed by atoms with Crippen LogP contribution in [0.15, 0.2) is 99.9 Å².